The highest BCUT2D eigenvalue weighted by Crippen LogP contribution is 2.66. The van der Waals surface area contributed by atoms with Crippen LogP contribution in [0, 0.1) is 0 Å². The lowest BCUT2D eigenvalue weighted by Crippen LogP contribution is -2.28. The van der Waals surface area contributed by atoms with E-state index in [1.54, 1.807) is 0 Å². The zero-order valence-corrected chi connectivity index (χ0v) is 10.8. The maximum Gasteiger partial charge on any atom is 0.0262 e. The molecule has 0 aliphatic heterocycles. The van der Waals surface area contributed by atoms with E-state index in [1.807, 2.05) is 7.05 Å². The van der Waals surface area contributed by atoms with Crippen molar-refractivity contribution >= 4 is 7.05 Å². The molecule has 0 aromatic rings. The molecule has 0 heterocycles. The van der Waals surface area contributed by atoms with E-state index in [4.69, 9.17) is 0 Å². The van der Waals surface area contributed by atoms with Gasteiger partial charge in [0.25, 0.3) is 0 Å². The van der Waals surface area contributed by atoms with Gasteiger partial charge in [0.15, 0.2) is 0 Å². The number of hydrogen-bond acceptors (Lipinski definition) is 1. The molecule has 0 saturated heterocycles. The molecule has 2 heteroatoms. The third-order valence-electron chi connectivity index (χ3n) is 3.01. The fraction of sp³-hybridized carbons (Fsp3) is 1.00. The van der Waals surface area contributed by atoms with Crippen molar-refractivity contribution < 1.29 is 0 Å². The zero-order valence-electron chi connectivity index (χ0n) is 9.89. The van der Waals surface area contributed by atoms with Crippen molar-refractivity contribution in [3.63, 3.8) is 0 Å². The summed E-state index contributed by atoms with van der Waals surface area (Å²) in [7, 11) is 0.784. The molecule has 0 aliphatic rings. The van der Waals surface area contributed by atoms with Gasteiger partial charge in [0.1, 0.15) is 0 Å². The predicted octanol–water partition coefficient (Wildman–Crippen LogP) is 4.04. The van der Waals surface area contributed by atoms with Gasteiger partial charge in [0.05, 0.1) is 0 Å². The standard InChI is InChI=1S/C10H24NP/c1-9(2,3)12(8,11-7)10(4,5)6/h1-8H3. The Morgan fingerprint density at radius 1 is 0.833 bits per heavy atom. The number of rotatable bonds is 0. The Hall–Kier alpha value is 0.230. The minimum atomic E-state index is -1.19. The average molecular weight is 189 g/mol. The second kappa shape index (κ2) is 3.18. The molecule has 0 aromatic carbocycles. The number of hydrogen-bond donors (Lipinski definition) is 0. The lowest BCUT2D eigenvalue weighted by Gasteiger charge is -2.43. The van der Waals surface area contributed by atoms with Gasteiger partial charge in [0.2, 0.25) is 0 Å². The summed E-state index contributed by atoms with van der Waals surface area (Å²) in [5.74, 6) is 0. The first-order valence-corrected chi connectivity index (χ1v) is 6.73. The quantitative estimate of drug-likeness (QED) is 0.510. The molecule has 0 saturated carbocycles. The summed E-state index contributed by atoms with van der Waals surface area (Å²) in [6.07, 6.45) is 0. The Balaban J connectivity index is 5.28. The van der Waals surface area contributed by atoms with Gasteiger partial charge in [-0.05, 0) is 24.0 Å². The molecule has 0 radical (unpaired) electrons. The molecular weight excluding hydrogens is 165 g/mol. The van der Waals surface area contributed by atoms with E-state index in [-0.39, 0.29) is 0 Å². The highest BCUT2D eigenvalue weighted by Gasteiger charge is 2.38. The van der Waals surface area contributed by atoms with E-state index in [2.05, 4.69) is 53.0 Å². The molecule has 0 aliphatic carbocycles. The Labute approximate surface area is 78.0 Å². The van der Waals surface area contributed by atoms with Gasteiger partial charge in [-0.15, -0.1) is 0 Å². The van der Waals surface area contributed by atoms with Gasteiger partial charge in [-0.25, -0.2) is 0 Å². The summed E-state index contributed by atoms with van der Waals surface area (Å²) in [6, 6.07) is 0. The predicted molar refractivity (Wildman–Crippen MR) is 60.7 cm³/mol. The van der Waals surface area contributed by atoms with Gasteiger partial charge in [0, 0.05) is 7.05 Å². The molecule has 0 spiro atoms. The van der Waals surface area contributed by atoms with Gasteiger partial charge in [-0.2, -0.15) is 0 Å². The second-order valence-corrected chi connectivity index (χ2v) is 10.5. The SMILES string of the molecule is CN=P(C)(C(C)(C)C)C(C)(C)C. The Bertz CT molecular complexity index is 185. The van der Waals surface area contributed by atoms with Crippen LogP contribution in [0.5, 0.6) is 0 Å². The maximum absolute atomic E-state index is 4.67. The average Bonchev–Trinajstić information content (AvgIpc) is 1.81. The Morgan fingerprint density at radius 3 is 1.08 bits per heavy atom. The van der Waals surface area contributed by atoms with Crippen LogP contribution in [0.1, 0.15) is 41.5 Å². The highest BCUT2D eigenvalue weighted by molar-refractivity contribution is 7.68. The van der Waals surface area contributed by atoms with Crippen molar-refractivity contribution in [1.29, 1.82) is 0 Å². The molecule has 0 aromatic heterocycles. The monoisotopic (exact) mass is 189 g/mol. The normalized spacial score (nSPS) is 14.7. The lowest BCUT2D eigenvalue weighted by atomic mass is 10.2. The molecule has 0 amide bonds. The van der Waals surface area contributed by atoms with E-state index in [0.29, 0.717) is 10.3 Å². The minimum Gasteiger partial charge on any atom is -0.306 e. The Kier molecular flexibility index (Phi) is 3.24. The van der Waals surface area contributed by atoms with Crippen LogP contribution in [0.25, 0.3) is 0 Å². The van der Waals surface area contributed by atoms with Crippen LogP contribution in [-0.2, 0) is 0 Å². The van der Waals surface area contributed by atoms with E-state index < -0.39 is 7.05 Å². The molecule has 0 bridgehead atoms. The van der Waals surface area contributed by atoms with Gasteiger partial charge < -0.3 is 4.74 Å². The van der Waals surface area contributed by atoms with Gasteiger partial charge >= 0.3 is 0 Å². The Morgan fingerprint density at radius 2 is 1.08 bits per heavy atom. The molecular formula is C10H24NP. The van der Waals surface area contributed by atoms with Crippen molar-refractivity contribution in [1.82, 2.24) is 0 Å². The van der Waals surface area contributed by atoms with E-state index in [9.17, 15) is 0 Å². The third-order valence-corrected chi connectivity index (χ3v) is 9.04. The lowest BCUT2D eigenvalue weighted by molar-refractivity contribution is 0.698. The highest BCUT2D eigenvalue weighted by atomic mass is 31.2. The smallest absolute Gasteiger partial charge is 0.0262 e. The number of nitrogens with zero attached hydrogens (tertiary/aromatic N) is 1. The molecule has 0 rings (SSSR count). The van der Waals surface area contributed by atoms with Crippen LogP contribution in [0.3, 0.4) is 0 Å². The van der Waals surface area contributed by atoms with Crippen LogP contribution >= 0.6 is 7.05 Å². The zero-order chi connectivity index (χ0) is 10.2. The fourth-order valence-corrected chi connectivity index (χ4v) is 4.82. The first-order valence-electron chi connectivity index (χ1n) is 4.54. The summed E-state index contributed by atoms with van der Waals surface area (Å²) in [4.78, 5) is 0. The summed E-state index contributed by atoms with van der Waals surface area (Å²) < 4.78 is 4.67. The summed E-state index contributed by atoms with van der Waals surface area (Å²) >= 11 is 0. The van der Waals surface area contributed by atoms with Crippen molar-refractivity contribution in [3.05, 3.63) is 0 Å². The largest absolute Gasteiger partial charge is 0.306 e. The molecule has 0 N–H and O–H groups in total. The van der Waals surface area contributed by atoms with E-state index in [1.165, 1.54) is 0 Å². The van der Waals surface area contributed by atoms with E-state index >= 15 is 0 Å². The topological polar surface area (TPSA) is 12.4 Å². The first kappa shape index (κ1) is 12.2. The fourth-order valence-electron chi connectivity index (χ4n) is 1.61. The summed E-state index contributed by atoms with van der Waals surface area (Å²) in [6.45, 7) is 16.2. The third kappa shape index (κ3) is 1.93. The second-order valence-electron chi connectivity index (χ2n) is 5.50. The van der Waals surface area contributed by atoms with Crippen LogP contribution in [0.4, 0.5) is 0 Å². The molecule has 0 atom stereocenters. The van der Waals surface area contributed by atoms with Crippen molar-refractivity contribution in [3.8, 4) is 0 Å². The molecule has 12 heavy (non-hydrogen) atoms. The van der Waals surface area contributed by atoms with Crippen LogP contribution in [0.15, 0.2) is 4.74 Å². The molecule has 0 unspecified atom stereocenters. The summed E-state index contributed by atoms with van der Waals surface area (Å²) in [5, 5.41) is 0.667. The minimum absolute atomic E-state index is 0.333. The van der Waals surface area contributed by atoms with Crippen LogP contribution in [-0.4, -0.2) is 24.0 Å². The maximum atomic E-state index is 4.67. The van der Waals surface area contributed by atoms with Crippen LogP contribution < -0.4 is 0 Å². The van der Waals surface area contributed by atoms with Crippen molar-refractivity contribution in [2.24, 2.45) is 4.74 Å². The van der Waals surface area contributed by atoms with Gasteiger partial charge in [-0.3, -0.25) is 0 Å². The van der Waals surface area contributed by atoms with Crippen LogP contribution in [0.2, 0.25) is 0 Å². The molecule has 0 fully saturated rings. The summed E-state index contributed by atoms with van der Waals surface area (Å²) in [5.41, 5.74) is 0. The molecule has 74 valence electrons. The van der Waals surface area contributed by atoms with E-state index in [0.717, 1.165) is 0 Å². The van der Waals surface area contributed by atoms with Crippen molar-refractivity contribution in [2.75, 3.05) is 13.7 Å². The molecule has 1 nitrogen and oxygen atoms in total. The van der Waals surface area contributed by atoms with Crippen molar-refractivity contribution in [2.45, 2.75) is 51.9 Å². The first-order chi connectivity index (χ1) is 5.06. The van der Waals surface area contributed by atoms with Gasteiger partial charge in [-0.1, -0.05) is 41.5 Å².